The van der Waals surface area contributed by atoms with Crippen molar-refractivity contribution in [2.45, 2.75) is 0 Å². The Kier molecular flexibility index (Phi) is 2.05. The summed E-state index contributed by atoms with van der Waals surface area (Å²) in [5.41, 5.74) is 5.31. The molecule has 1 rings (SSSR count). The molecule has 0 aliphatic heterocycles. The first-order chi connectivity index (χ1) is 5.69. The molecule has 6 heteroatoms. The first-order valence-electron chi connectivity index (χ1n) is 3.10. The van der Waals surface area contributed by atoms with Gasteiger partial charge in [0.1, 0.15) is 17.5 Å². The van der Waals surface area contributed by atoms with Crippen LogP contribution >= 0.6 is 0 Å². The number of halogens is 1. The third-order valence-corrected chi connectivity index (χ3v) is 1.26. The fourth-order valence-electron chi connectivity index (χ4n) is 0.741. The molecule has 62 valence electrons. The Balaban J connectivity index is 3.36. The first kappa shape index (κ1) is 8.20. The summed E-state index contributed by atoms with van der Waals surface area (Å²) >= 11 is 0. The highest BCUT2D eigenvalue weighted by Gasteiger charge is 2.09. The first-order valence-corrected chi connectivity index (χ1v) is 3.10. The second kappa shape index (κ2) is 3.00. The van der Waals surface area contributed by atoms with E-state index in [0.717, 1.165) is 0 Å². The molecule has 0 aliphatic rings. The van der Waals surface area contributed by atoms with Crippen LogP contribution in [0.1, 0.15) is 5.56 Å². The molecule has 1 heterocycles. The molecular weight excluding hydrogens is 161 g/mol. The molecule has 0 saturated heterocycles. The molecule has 3 N–H and O–H groups in total. The lowest BCUT2D eigenvalue weighted by Gasteiger charge is -2.02. The summed E-state index contributed by atoms with van der Waals surface area (Å²) in [4.78, 5) is 6.52. The molecular formula is C6H6FN5. The maximum Gasteiger partial charge on any atom is 0.312 e. The molecule has 0 amide bonds. The number of nitrogens with zero attached hydrogens (tertiary/aromatic N) is 3. The fourth-order valence-corrected chi connectivity index (χ4v) is 0.741. The van der Waals surface area contributed by atoms with Crippen LogP contribution in [0.2, 0.25) is 0 Å². The number of anilines is 2. The van der Waals surface area contributed by atoms with Crippen LogP contribution in [-0.4, -0.2) is 17.0 Å². The Morgan fingerprint density at radius 3 is 2.75 bits per heavy atom. The van der Waals surface area contributed by atoms with Gasteiger partial charge in [-0.25, -0.2) is 0 Å². The molecule has 5 nitrogen and oxygen atoms in total. The van der Waals surface area contributed by atoms with E-state index in [1.54, 1.807) is 6.07 Å². The van der Waals surface area contributed by atoms with Gasteiger partial charge in [-0.05, 0) is 0 Å². The van der Waals surface area contributed by atoms with E-state index in [1.165, 1.54) is 7.05 Å². The van der Waals surface area contributed by atoms with Crippen molar-refractivity contribution < 1.29 is 4.39 Å². The van der Waals surface area contributed by atoms with E-state index in [0.29, 0.717) is 0 Å². The number of rotatable bonds is 1. The molecule has 0 fully saturated rings. The van der Waals surface area contributed by atoms with Crippen molar-refractivity contribution in [2.24, 2.45) is 0 Å². The smallest absolute Gasteiger partial charge is 0.312 e. The minimum atomic E-state index is -0.948. The van der Waals surface area contributed by atoms with Crippen molar-refractivity contribution in [1.82, 2.24) is 9.97 Å². The monoisotopic (exact) mass is 167 g/mol. The van der Waals surface area contributed by atoms with Gasteiger partial charge in [0, 0.05) is 7.05 Å². The van der Waals surface area contributed by atoms with Crippen molar-refractivity contribution in [3.05, 3.63) is 11.6 Å². The van der Waals surface area contributed by atoms with E-state index in [1.807, 2.05) is 0 Å². The molecule has 0 spiro atoms. The molecule has 12 heavy (non-hydrogen) atoms. The number of nitrogens with one attached hydrogen (secondary N) is 1. The molecule has 0 aliphatic carbocycles. The van der Waals surface area contributed by atoms with Crippen molar-refractivity contribution >= 4 is 11.6 Å². The summed E-state index contributed by atoms with van der Waals surface area (Å²) in [6, 6.07) is 1.76. The number of hydrogen-bond acceptors (Lipinski definition) is 5. The largest absolute Gasteiger partial charge is 0.382 e. The number of nitrogen functional groups attached to an aromatic ring is 1. The lowest BCUT2D eigenvalue weighted by molar-refractivity contribution is 0.542. The molecule has 0 aromatic carbocycles. The Labute approximate surface area is 68.0 Å². The van der Waals surface area contributed by atoms with Crippen molar-refractivity contribution in [1.29, 1.82) is 5.26 Å². The highest BCUT2D eigenvalue weighted by Crippen LogP contribution is 2.15. The van der Waals surface area contributed by atoms with Gasteiger partial charge in [0.2, 0.25) is 0 Å². The summed E-state index contributed by atoms with van der Waals surface area (Å²) in [7, 11) is 1.52. The summed E-state index contributed by atoms with van der Waals surface area (Å²) in [6.07, 6.45) is -0.948. The average molecular weight is 167 g/mol. The van der Waals surface area contributed by atoms with E-state index < -0.39 is 6.08 Å². The van der Waals surface area contributed by atoms with Crippen molar-refractivity contribution in [2.75, 3.05) is 18.1 Å². The molecule has 0 bridgehead atoms. The van der Waals surface area contributed by atoms with E-state index in [9.17, 15) is 4.39 Å². The molecule has 0 radical (unpaired) electrons. The summed E-state index contributed by atoms with van der Waals surface area (Å²) < 4.78 is 12.5. The SMILES string of the molecule is CNc1nc(F)nc(N)c1C#N. The van der Waals surface area contributed by atoms with E-state index in [2.05, 4.69) is 15.3 Å². The third kappa shape index (κ3) is 1.25. The Morgan fingerprint density at radius 2 is 2.25 bits per heavy atom. The Bertz CT molecular complexity index is 343. The minimum absolute atomic E-state index is 0.0545. The highest BCUT2D eigenvalue weighted by molar-refractivity contribution is 5.61. The van der Waals surface area contributed by atoms with Gasteiger partial charge in [-0.3, -0.25) is 0 Å². The average Bonchev–Trinajstić information content (AvgIpc) is 2.03. The Hall–Kier alpha value is -1.90. The molecule has 0 saturated carbocycles. The van der Waals surface area contributed by atoms with Crippen LogP contribution in [0.3, 0.4) is 0 Å². The lowest BCUT2D eigenvalue weighted by atomic mass is 10.3. The second-order valence-corrected chi connectivity index (χ2v) is 1.96. The van der Waals surface area contributed by atoms with Gasteiger partial charge in [-0.15, -0.1) is 0 Å². The zero-order chi connectivity index (χ0) is 9.14. The number of nitrogens with two attached hydrogens (primary N) is 1. The summed E-state index contributed by atoms with van der Waals surface area (Å²) in [5, 5.41) is 11.1. The second-order valence-electron chi connectivity index (χ2n) is 1.96. The quantitative estimate of drug-likeness (QED) is 0.579. The van der Waals surface area contributed by atoms with Crippen LogP contribution in [0.4, 0.5) is 16.0 Å². The maximum atomic E-state index is 12.5. The molecule has 0 atom stereocenters. The normalized spacial score (nSPS) is 9.08. The van der Waals surface area contributed by atoms with Crippen molar-refractivity contribution in [3.8, 4) is 6.07 Å². The predicted octanol–water partition coefficient (Wildman–Crippen LogP) is 0.111. The standard InChI is InChI=1S/C6H6FN5/c1-10-5-3(2-8)4(9)11-6(7)12-5/h1H3,(H3,9,10,11,12). The summed E-state index contributed by atoms with van der Waals surface area (Å²) in [6.45, 7) is 0. The van der Waals surface area contributed by atoms with E-state index in [-0.39, 0.29) is 17.2 Å². The van der Waals surface area contributed by atoms with Gasteiger partial charge < -0.3 is 11.1 Å². The van der Waals surface area contributed by atoms with Crippen LogP contribution in [0.25, 0.3) is 0 Å². The zero-order valence-corrected chi connectivity index (χ0v) is 6.30. The Morgan fingerprint density at radius 1 is 1.58 bits per heavy atom. The fraction of sp³-hybridized carbons (Fsp3) is 0.167. The van der Waals surface area contributed by atoms with Gasteiger partial charge in [0.05, 0.1) is 0 Å². The van der Waals surface area contributed by atoms with Gasteiger partial charge in [0.15, 0.2) is 5.82 Å². The number of hydrogen-bond donors (Lipinski definition) is 2. The number of nitriles is 1. The number of aromatic nitrogens is 2. The van der Waals surface area contributed by atoms with E-state index in [4.69, 9.17) is 11.0 Å². The van der Waals surface area contributed by atoms with Crippen molar-refractivity contribution in [3.63, 3.8) is 0 Å². The lowest BCUT2D eigenvalue weighted by Crippen LogP contribution is -2.05. The van der Waals surface area contributed by atoms with Gasteiger partial charge >= 0.3 is 6.08 Å². The predicted molar refractivity (Wildman–Crippen MR) is 40.7 cm³/mol. The molecule has 1 aromatic heterocycles. The minimum Gasteiger partial charge on any atom is -0.382 e. The van der Waals surface area contributed by atoms with Crippen LogP contribution in [0, 0.1) is 17.4 Å². The highest BCUT2D eigenvalue weighted by atomic mass is 19.1. The zero-order valence-electron chi connectivity index (χ0n) is 6.30. The van der Waals surface area contributed by atoms with Gasteiger partial charge in [0.25, 0.3) is 0 Å². The van der Waals surface area contributed by atoms with Crippen LogP contribution in [0.5, 0.6) is 0 Å². The van der Waals surface area contributed by atoms with Gasteiger partial charge in [-0.2, -0.15) is 19.6 Å². The van der Waals surface area contributed by atoms with Crippen LogP contribution < -0.4 is 11.1 Å². The molecule has 1 aromatic rings. The van der Waals surface area contributed by atoms with E-state index >= 15 is 0 Å². The topological polar surface area (TPSA) is 87.6 Å². The van der Waals surface area contributed by atoms with Crippen LogP contribution in [-0.2, 0) is 0 Å². The maximum absolute atomic E-state index is 12.5. The van der Waals surface area contributed by atoms with Gasteiger partial charge in [-0.1, -0.05) is 0 Å². The summed E-state index contributed by atoms with van der Waals surface area (Å²) in [5.74, 6) is -0.0585. The third-order valence-electron chi connectivity index (χ3n) is 1.26. The molecule has 0 unspecified atom stereocenters. The van der Waals surface area contributed by atoms with Crippen LogP contribution in [0.15, 0.2) is 0 Å².